The average molecular weight is 302 g/mol. The Morgan fingerprint density at radius 1 is 1.23 bits per heavy atom. The number of nitrogens with zero attached hydrogens (tertiary/aromatic N) is 2. The van der Waals surface area contributed by atoms with E-state index in [1.165, 1.54) is 6.42 Å². The van der Waals surface area contributed by atoms with E-state index >= 15 is 0 Å². The highest BCUT2D eigenvalue weighted by atomic mass is 16.4. The molecule has 2 aliphatic rings. The van der Waals surface area contributed by atoms with Crippen molar-refractivity contribution in [1.82, 2.24) is 5.01 Å². The number of fused-ring (bicyclic) bond motifs is 1. The van der Waals surface area contributed by atoms with E-state index in [2.05, 4.69) is 5.01 Å². The largest absolute Gasteiger partial charge is 0.480 e. The molecule has 1 N–H and O–H groups in total. The predicted octanol–water partition coefficient (Wildman–Crippen LogP) is 2.49. The zero-order valence-corrected chi connectivity index (χ0v) is 13.1. The lowest BCUT2D eigenvalue weighted by atomic mass is 9.77. The first kappa shape index (κ1) is 15.0. The molecule has 1 aromatic rings. The molecule has 2 heterocycles. The summed E-state index contributed by atoms with van der Waals surface area (Å²) in [6.07, 6.45) is 3.42. The van der Waals surface area contributed by atoms with Crippen LogP contribution < -0.4 is 5.01 Å². The van der Waals surface area contributed by atoms with Crippen LogP contribution in [0.2, 0.25) is 0 Å². The number of aliphatic carboxylic acids is 1. The van der Waals surface area contributed by atoms with E-state index < -0.39 is 11.4 Å². The minimum atomic E-state index is -1.39. The van der Waals surface area contributed by atoms with Crippen LogP contribution in [0.15, 0.2) is 18.2 Å². The van der Waals surface area contributed by atoms with Gasteiger partial charge in [0, 0.05) is 18.7 Å². The second-order valence-electron chi connectivity index (χ2n) is 6.51. The lowest BCUT2D eigenvalue weighted by molar-refractivity contribution is -0.145. The average Bonchev–Trinajstić information content (AvgIpc) is 2.51. The molecule has 0 aromatic heterocycles. The molecule has 1 fully saturated rings. The fourth-order valence-electron chi connectivity index (χ4n) is 3.43. The maximum Gasteiger partial charge on any atom is 0.319 e. The van der Waals surface area contributed by atoms with Crippen LogP contribution in [-0.4, -0.2) is 41.5 Å². The molecule has 0 aliphatic carbocycles. The fourth-order valence-corrected chi connectivity index (χ4v) is 3.43. The number of aryl methyl sites for hydroxylation is 1. The third-order valence-corrected chi connectivity index (χ3v) is 4.87. The minimum absolute atomic E-state index is 0.206. The predicted molar refractivity (Wildman–Crippen MR) is 84.0 cm³/mol. The Morgan fingerprint density at radius 3 is 2.55 bits per heavy atom. The number of carbonyl (C=O) groups is 2. The topological polar surface area (TPSA) is 60.9 Å². The van der Waals surface area contributed by atoms with Gasteiger partial charge in [-0.2, -0.15) is 0 Å². The smallest absolute Gasteiger partial charge is 0.319 e. The molecular weight excluding hydrogens is 280 g/mol. The lowest BCUT2D eigenvalue weighted by Gasteiger charge is -2.46. The first-order valence-electron chi connectivity index (χ1n) is 7.85. The number of ketones is 1. The number of hydrogen-bond donors (Lipinski definition) is 1. The zero-order valence-electron chi connectivity index (χ0n) is 13.1. The Morgan fingerprint density at radius 2 is 1.91 bits per heavy atom. The third kappa shape index (κ3) is 2.20. The van der Waals surface area contributed by atoms with Gasteiger partial charge in [0.25, 0.3) is 0 Å². The molecule has 0 amide bonds. The molecule has 22 heavy (non-hydrogen) atoms. The van der Waals surface area contributed by atoms with Crippen LogP contribution in [0.25, 0.3) is 0 Å². The number of carbonyl (C=O) groups excluding carboxylic acids is 1. The maximum atomic E-state index is 12.8. The number of anilines is 1. The molecule has 118 valence electrons. The number of Topliss-reactive ketones (excluding diaryl/α,β-unsaturated/α-hetero) is 1. The summed E-state index contributed by atoms with van der Waals surface area (Å²) in [4.78, 5) is 24.6. The second-order valence-corrected chi connectivity index (χ2v) is 6.51. The van der Waals surface area contributed by atoms with Gasteiger partial charge < -0.3 is 10.1 Å². The maximum absolute atomic E-state index is 12.8. The van der Waals surface area contributed by atoms with Crippen molar-refractivity contribution >= 4 is 17.4 Å². The van der Waals surface area contributed by atoms with Gasteiger partial charge in [0.2, 0.25) is 0 Å². The lowest BCUT2D eigenvalue weighted by Crippen LogP contribution is -2.57. The van der Waals surface area contributed by atoms with Crippen molar-refractivity contribution in [2.75, 3.05) is 24.6 Å². The summed E-state index contributed by atoms with van der Waals surface area (Å²) < 4.78 is 0. The van der Waals surface area contributed by atoms with E-state index in [9.17, 15) is 14.7 Å². The quantitative estimate of drug-likeness (QED) is 0.851. The van der Waals surface area contributed by atoms with Crippen molar-refractivity contribution in [2.24, 2.45) is 5.41 Å². The molecule has 1 atom stereocenters. The Labute approximate surface area is 130 Å². The van der Waals surface area contributed by atoms with Gasteiger partial charge in [0.1, 0.15) is 5.41 Å². The van der Waals surface area contributed by atoms with Gasteiger partial charge in [-0.15, -0.1) is 0 Å². The van der Waals surface area contributed by atoms with Crippen LogP contribution in [0.4, 0.5) is 5.69 Å². The molecule has 1 unspecified atom stereocenters. The Balaban J connectivity index is 2.11. The Bertz CT molecular complexity index is 622. The van der Waals surface area contributed by atoms with Gasteiger partial charge in [-0.3, -0.25) is 9.59 Å². The van der Waals surface area contributed by atoms with Crippen molar-refractivity contribution in [3.8, 4) is 0 Å². The summed E-state index contributed by atoms with van der Waals surface area (Å²) in [6, 6.07) is 5.73. The van der Waals surface area contributed by atoms with Crippen molar-refractivity contribution < 1.29 is 14.7 Å². The Hall–Kier alpha value is -1.88. The van der Waals surface area contributed by atoms with E-state index in [1.807, 2.05) is 30.1 Å². The van der Waals surface area contributed by atoms with Crippen molar-refractivity contribution in [2.45, 2.75) is 33.1 Å². The molecule has 5 heteroatoms. The van der Waals surface area contributed by atoms with E-state index in [0.29, 0.717) is 5.56 Å². The molecule has 3 rings (SSSR count). The van der Waals surface area contributed by atoms with Gasteiger partial charge in [0.15, 0.2) is 5.78 Å². The highest BCUT2D eigenvalue weighted by Crippen LogP contribution is 2.39. The zero-order chi connectivity index (χ0) is 15.9. The van der Waals surface area contributed by atoms with Gasteiger partial charge >= 0.3 is 5.97 Å². The van der Waals surface area contributed by atoms with E-state index in [-0.39, 0.29) is 12.3 Å². The van der Waals surface area contributed by atoms with Crippen LogP contribution in [0, 0.1) is 12.3 Å². The standard InChI is InChI=1S/C17H22N2O3/c1-12-7-6-8-13-14(12)15(20)17(2,16(21)22)11-19(13)18-9-4-3-5-10-18/h6-8H,3-5,9-11H2,1-2H3,(H,21,22). The molecule has 0 radical (unpaired) electrons. The van der Waals surface area contributed by atoms with E-state index in [0.717, 1.165) is 37.2 Å². The van der Waals surface area contributed by atoms with Crippen molar-refractivity contribution in [3.63, 3.8) is 0 Å². The van der Waals surface area contributed by atoms with Crippen molar-refractivity contribution in [1.29, 1.82) is 0 Å². The normalized spacial score (nSPS) is 25.9. The molecule has 2 aliphatic heterocycles. The molecule has 0 saturated carbocycles. The second kappa shape index (κ2) is 5.39. The first-order chi connectivity index (χ1) is 10.4. The molecule has 5 nitrogen and oxygen atoms in total. The van der Waals surface area contributed by atoms with Gasteiger partial charge in [0.05, 0.1) is 12.2 Å². The summed E-state index contributed by atoms with van der Waals surface area (Å²) >= 11 is 0. The van der Waals surface area contributed by atoms with Gasteiger partial charge in [-0.05, 0) is 38.3 Å². The number of carboxylic acid groups (broad SMARTS) is 1. The van der Waals surface area contributed by atoms with Crippen LogP contribution in [0.3, 0.4) is 0 Å². The van der Waals surface area contributed by atoms with Crippen LogP contribution >= 0.6 is 0 Å². The number of benzene rings is 1. The molecule has 0 spiro atoms. The molecular formula is C17H22N2O3. The first-order valence-corrected chi connectivity index (χ1v) is 7.85. The highest BCUT2D eigenvalue weighted by molar-refractivity contribution is 6.17. The summed E-state index contributed by atoms with van der Waals surface area (Å²) in [5, 5.41) is 13.9. The highest BCUT2D eigenvalue weighted by Gasteiger charge is 2.49. The minimum Gasteiger partial charge on any atom is -0.480 e. The van der Waals surface area contributed by atoms with E-state index in [4.69, 9.17) is 0 Å². The molecule has 0 bridgehead atoms. The SMILES string of the molecule is Cc1cccc2c1C(=O)C(C)(C(=O)O)CN2N1CCCCC1. The van der Waals surface area contributed by atoms with Crippen molar-refractivity contribution in [3.05, 3.63) is 29.3 Å². The number of rotatable bonds is 2. The van der Waals surface area contributed by atoms with Gasteiger partial charge in [-0.1, -0.05) is 18.6 Å². The molecule has 1 aromatic carbocycles. The van der Waals surface area contributed by atoms with Crippen LogP contribution in [0.1, 0.15) is 42.1 Å². The summed E-state index contributed by atoms with van der Waals surface area (Å²) in [5.74, 6) is -1.32. The summed E-state index contributed by atoms with van der Waals surface area (Å²) in [6.45, 7) is 5.45. The van der Waals surface area contributed by atoms with Crippen LogP contribution in [0.5, 0.6) is 0 Å². The summed E-state index contributed by atoms with van der Waals surface area (Å²) in [5.41, 5.74) is 0.864. The monoisotopic (exact) mass is 302 g/mol. The summed E-state index contributed by atoms with van der Waals surface area (Å²) in [7, 11) is 0. The number of hydrogen-bond acceptors (Lipinski definition) is 4. The Kier molecular flexibility index (Phi) is 3.68. The third-order valence-electron chi connectivity index (χ3n) is 4.87. The fraction of sp³-hybridized carbons (Fsp3) is 0.529. The number of carboxylic acids is 1. The number of hydrazine groups is 1. The molecule has 1 saturated heterocycles. The van der Waals surface area contributed by atoms with Gasteiger partial charge in [-0.25, -0.2) is 5.01 Å². The van der Waals surface area contributed by atoms with E-state index in [1.54, 1.807) is 6.92 Å². The number of piperidine rings is 1. The van der Waals surface area contributed by atoms with Crippen LogP contribution in [-0.2, 0) is 4.79 Å².